The number of aldehydes is 1. The molecule has 0 fully saturated rings. The van der Waals surface area contributed by atoms with Gasteiger partial charge in [-0.25, -0.2) is 4.98 Å². The van der Waals surface area contributed by atoms with Crippen LogP contribution in [0.25, 0.3) is 5.65 Å². The van der Waals surface area contributed by atoms with Crippen LogP contribution in [0.2, 0.25) is 5.02 Å². The molecule has 14 heavy (non-hydrogen) atoms. The molecule has 0 amide bonds. The van der Waals surface area contributed by atoms with Crippen LogP contribution in [-0.4, -0.2) is 15.7 Å². The summed E-state index contributed by atoms with van der Waals surface area (Å²) in [4.78, 5) is 26.0. The van der Waals surface area contributed by atoms with E-state index in [1.165, 1.54) is 4.40 Å². The van der Waals surface area contributed by atoms with E-state index in [0.717, 1.165) is 0 Å². The summed E-state index contributed by atoms with van der Waals surface area (Å²) in [5, 5.41) is -0.149. The van der Waals surface area contributed by atoms with Crippen molar-refractivity contribution in [2.24, 2.45) is 0 Å². The first-order valence-electron chi connectivity index (χ1n) is 3.86. The van der Waals surface area contributed by atoms with Gasteiger partial charge in [-0.1, -0.05) is 17.7 Å². The Morgan fingerprint density at radius 1 is 1.43 bits per heavy atom. The Morgan fingerprint density at radius 2 is 2.21 bits per heavy atom. The van der Waals surface area contributed by atoms with E-state index < -0.39 is 5.56 Å². The van der Waals surface area contributed by atoms with Crippen LogP contribution >= 0.6 is 11.6 Å². The van der Waals surface area contributed by atoms with Crippen LogP contribution in [0.1, 0.15) is 10.5 Å². The van der Waals surface area contributed by atoms with Crippen LogP contribution in [0.5, 0.6) is 0 Å². The van der Waals surface area contributed by atoms with Crippen molar-refractivity contribution < 1.29 is 4.79 Å². The second-order valence-electron chi connectivity index (χ2n) is 2.66. The quantitative estimate of drug-likeness (QED) is 0.661. The van der Waals surface area contributed by atoms with Crippen LogP contribution in [0.15, 0.2) is 29.2 Å². The predicted molar refractivity (Wildman–Crippen MR) is 51.9 cm³/mol. The van der Waals surface area contributed by atoms with Gasteiger partial charge in [0.1, 0.15) is 16.4 Å². The molecule has 0 aliphatic rings. The molecule has 0 saturated heterocycles. The van der Waals surface area contributed by atoms with Gasteiger partial charge in [-0.05, 0) is 12.1 Å². The smallest absolute Gasteiger partial charge is 0.277 e. The van der Waals surface area contributed by atoms with E-state index in [0.29, 0.717) is 11.9 Å². The van der Waals surface area contributed by atoms with Gasteiger partial charge in [0.2, 0.25) is 0 Å². The molecule has 2 rings (SSSR count). The van der Waals surface area contributed by atoms with E-state index in [-0.39, 0.29) is 10.7 Å². The predicted octanol–water partition coefficient (Wildman–Crippen LogP) is 1.16. The summed E-state index contributed by atoms with van der Waals surface area (Å²) in [6, 6.07) is 5.04. The van der Waals surface area contributed by atoms with E-state index >= 15 is 0 Å². The molecule has 0 saturated carbocycles. The lowest BCUT2D eigenvalue weighted by atomic mass is 10.4. The van der Waals surface area contributed by atoms with Crippen molar-refractivity contribution in [2.45, 2.75) is 0 Å². The number of carbonyl (C=O) groups excluding carboxylic acids is 1. The molecule has 4 nitrogen and oxygen atoms in total. The second-order valence-corrected chi connectivity index (χ2v) is 3.04. The van der Waals surface area contributed by atoms with E-state index in [2.05, 4.69) is 4.98 Å². The zero-order valence-electron chi connectivity index (χ0n) is 6.98. The lowest BCUT2D eigenvalue weighted by Gasteiger charge is -2.00. The highest BCUT2D eigenvalue weighted by Crippen LogP contribution is 2.07. The van der Waals surface area contributed by atoms with Gasteiger partial charge in [-0.15, -0.1) is 0 Å². The Hall–Kier alpha value is -1.68. The highest BCUT2D eigenvalue weighted by atomic mass is 35.5. The number of fused-ring (bicyclic) bond motifs is 1. The van der Waals surface area contributed by atoms with Gasteiger partial charge >= 0.3 is 0 Å². The molecule has 2 aromatic rings. The minimum absolute atomic E-state index is 0.0251. The van der Waals surface area contributed by atoms with Crippen LogP contribution < -0.4 is 5.56 Å². The first kappa shape index (κ1) is 8.90. The third kappa shape index (κ3) is 1.20. The van der Waals surface area contributed by atoms with Gasteiger partial charge in [0.25, 0.3) is 5.56 Å². The highest BCUT2D eigenvalue weighted by Gasteiger charge is 2.08. The molecule has 0 aromatic carbocycles. The number of aromatic nitrogens is 2. The van der Waals surface area contributed by atoms with Gasteiger partial charge in [0.15, 0.2) is 6.29 Å². The molecule has 0 radical (unpaired) electrons. The van der Waals surface area contributed by atoms with Crippen molar-refractivity contribution in [3.63, 3.8) is 0 Å². The molecule has 70 valence electrons. The van der Waals surface area contributed by atoms with Gasteiger partial charge in [0.05, 0.1) is 0 Å². The van der Waals surface area contributed by atoms with Crippen LogP contribution in [-0.2, 0) is 0 Å². The number of pyridine rings is 1. The van der Waals surface area contributed by atoms with Gasteiger partial charge < -0.3 is 0 Å². The molecular formula is C9H5ClN2O2. The molecule has 5 heteroatoms. The van der Waals surface area contributed by atoms with Crippen molar-refractivity contribution in [1.29, 1.82) is 0 Å². The largest absolute Gasteiger partial charge is 0.296 e. The number of hydrogen-bond acceptors (Lipinski definition) is 3. The average Bonchev–Trinajstić information content (AvgIpc) is 2.23. The number of rotatable bonds is 1. The SMILES string of the molecule is O=Cc1nc2ccccn2c(=O)c1Cl. The standard InChI is InChI=1S/C9H5ClN2O2/c10-8-6(5-13)11-7-3-1-2-4-12(7)9(8)14/h1-5H. The Bertz CT molecular complexity index is 562. The minimum Gasteiger partial charge on any atom is -0.296 e. The Labute approximate surface area is 83.8 Å². The van der Waals surface area contributed by atoms with Gasteiger partial charge in [0, 0.05) is 6.20 Å². The summed E-state index contributed by atoms with van der Waals surface area (Å²) < 4.78 is 1.29. The second kappa shape index (κ2) is 3.23. The average molecular weight is 209 g/mol. The molecule has 0 aliphatic carbocycles. The van der Waals surface area contributed by atoms with Crippen molar-refractivity contribution in [2.75, 3.05) is 0 Å². The minimum atomic E-state index is -0.431. The van der Waals surface area contributed by atoms with E-state index in [9.17, 15) is 9.59 Å². The maximum atomic E-state index is 11.5. The molecule has 0 atom stereocenters. The lowest BCUT2D eigenvalue weighted by Crippen LogP contribution is -2.17. The van der Waals surface area contributed by atoms with E-state index in [1.54, 1.807) is 24.4 Å². The number of hydrogen-bond donors (Lipinski definition) is 0. The molecule has 0 spiro atoms. The third-order valence-corrected chi connectivity index (χ3v) is 2.17. The van der Waals surface area contributed by atoms with Crippen LogP contribution in [0.3, 0.4) is 0 Å². The highest BCUT2D eigenvalue weighted by molar-refractivity contribution is 6.32. The fourth-order valence-corrected chi connectivity index (χ4v) is 1.34. The van der Waals surface area contributed by atoms with Crippen LogP contribution in [0, 0.1) is 0 Å². The Kier molecular flexibility index (Phi) is 2.05. The fraction of sp³-hybridized carbons (Fsp3) is 0. The normalized spacial score (nSPS) is 10.4. The topological polar surface area (TPSA) is 51.4 Å². The third-order valence-electron chi connectivity index (χ3n) is 1.82. The number of carbonyl (C=O) groups is 1. The molecule has 0 bridgehead atoms. The van der Waals surface area contributed by atoms with Crippen molar-refractivity contribution in [3.8, 4) is 0 Å². The number of nitrogens with zero attached hydrogens (tertiary/aromatic N) is 2. The van der Waals surface area contributed by atoms with Crippen molar-refractivity contribution in [3.05, 3.63) is 45.5 Å². The Morgan fingerprint density at radius 3 is 2.93 bits per heavy atom. The maximum absolute atomic E-state index is 11.5. The maximum Gasteiger partial charge on any atom is 0.277 e. The first-order valence-corrected chi connectivity index (χ1v) is 4.24. The molecule has 2 aromatic heterocycles. The summed E-state index contributed by atoms with van der Waals surface area (Å²) in [6.07, 6.45) is 2.02. The molecule has 2 heterocycles. The van der Waals surface area contributed by atoms with Gasteiger partial charge in [-0.2, -0.15) is 0 Å². The van der Waals surface area contributed by atoms with Crippen molar-refractivity contribution >= 4 is 23.5 Å². The first-order chi connectivity index (χ1) is 6.74. The zero-order chi connectivity index (χ0) is 10.1. The summed E-state index contributed by atoms with van der Waals surface area (Å²) >= 11 is 5.65. The summed E-state index contributed by atoms with van der Waals surface area (Å²) in [5.41, 5.74) is -0.0498. The summed E-state index contributed by atoms with van der Waals surface area (Å²) in [6.45, 7) is 0. The molecule has 0 aliphatic heterocycles. The molecular weight excluding hydrogens is 204 g/mol. The van der Waals surface area contributed by atoms with E-state index in [1.807, 2.05) is 0 Å². The van der Waals surface area contributed by atoms with Gasteiger partial charge in [-0.3, -0.25) is 14.0 Å². The Balaban J connectivity index is 2.99. The van der Waals surface area contributed by atoms with Crippen molar-refractivity contribution in [1.82, 2.24) is 9.38 Å². The molecule has 0 N–H and O–H groups in total. The molecule has 0 unspecified atom stereocenters. The lowest BCUT2D eigenvalue weighted by molar-refractivity contribution is 0.111. The zero-order valence-corrected chi connectivity index (χ0v) is 7.73. The van der Waals surface area contributed by atoms with Crippen LogP contribution in [0.4, 0.5) is 0 Å². The number of halogens is 1. The monoisotopic (exact) mass is 208 g/mol. The fourth-order valence-electron chi connectivity index (χ4n) is 1.16. The summed E-state index contributed by atoms with van der Waals surface area (Å²) in [7, 11) is 0. The van der Waals surface area contributed by atoms with E-state index in [4.69, 9.17) is 11.6 Å². The summed E-state index contributed by atoms with van der Waals surface area (Å²) in [5.74, 6) is 0.